The van der Waals surface area contributed by atoms with Gasteiger partial charge in [0.15, 0.2) is 0 Å². The lowest BCUT2D eigenvalue weighted by molar-refractivity contribution is 0.405. The molecule has 0 heterocycles. The molecule has 0 spiro atoms. The molecule has 2 nitrogen and oxygen atoms in total. The fraction of sp³-hybridized carbons (Fsp3) is 0.659. The minimum absolute atomic E-state index is 0.0886. The van der Waals surface area contributed by atoms with Gasteiger partial charge in [0.05, 0.1) is 0 Å². The first-order valence-corrected chi connectivity index (χ1v) is 21.3. The maximum Gasteiger partial charge on any atom is 0.136 e. The Bertz CT molecular complexity index is 1200. The SMILES string of the molecule is CCC.CCN(CC)C(=S)SCCCCCC1(CCCCCSC(=S)N(CC)CC)c2cc(C)ccc2-c2ccc(C(C)(C)C)cc21. The van der Waals surface area contributed by atoms with E-state index in [2.05, 4.69) is 115 Å². The van der Waals surface area contributed by atoms with Crippen molar-refractivity contribution in [1.29, 1.82) is 0 Å². The Morgan fingerprint density at radius 3 is 1.49 bits per heavy atom. The summed E-state index contributed by atoms with van der Waals surface area (Å²) in [4.78, 5) is 4.60. The summed E-state index contributed by atoms with van der Waals surface area (Å²) >= 11 is 15.1. The summed E-state index contributed by atoms with van der Waals surface area (Å²) in [5.41, 5.74) is 9.14. The molecule has 0 fully saturated rings. The Hall–Kier alpha value is -1.08. The largest absolute Gasteiger partial charge is 0.358 e. The van der Waals surface area contributed by atoms with Gasteiger partial charge in [-0.3, -0.25) is 0 Å². The van der Waals surface area contributed by atoms with E-state index in [0.29, 0.717) is 0 Å². The summed E-state index contributed by atoms with van der Waals surface area (Å²) in [7, 11) is 0. The van der Waals surface area contributed by atoms with Crippen LogP contribution in [0.15, 0.2) is 36.4 Å². The van der Waals surface area contributed by atoms with Crippen molar-refractivity contribution < 1.29 is 0 Å². The number of thiocarbonyl (C=S) groups is 2. The fourth-order valence-electron chi connectivity index (χ4n) is 6.62. The van der Waals surface area contributed by atoms with Crippen LogP contribution in [0.25, 0.3) is 11.1 Å². The van der Waals surface area contributed by atoms with Gasteiger partial charge in [0.25, 0.3) is 0 Å². The van der Waals surface area contributed by atoms with E-state index < -0.39 is 0 Å². The van der Waals surface area contributed by atoms with Gasteiger partial charge in [-0.2, -0.15) is 0 Å². The van der Waals surface area contributed by atoms with E-state index in [1.54, 1.807) is 11.1 Å². The van der Waals surface area contributed by atoms with E-state index in [-0.39, 0.29) is 10.8 Å². The zero-order chi connectivity index (χ0) is 35.0. The van der Waals surface area contributed by atoms with E-state index in [4.69, 9.17) is 24.4 Å². The number of unbranched alkanes of at least 4 members (excludes halogenated alkanes) is 4. The molecule has 6 heteroatoms. The van der Waals surface area contributed by atoms with Crippen LogP contribution in [0.4, 0.5) is 0 Å². The average molecular weight is 715 g/mol. The van der Waals surface area contributed by atoms with Gasteiger partial charge in [-0.25, -0.2) is 0 Å². The van der Waals surface area contributed by atoms with E-state index in [1.165, 1.54) is 80.0 Å². The van der Waals surface area contributed by atoms with Crippen molar-refractivity contribution in [3.05, 3.63) is 58.7 Å². The number of rotatable bonds is 16. The minimum Gasteiger partial charge on any atom is -0.358 e. The molecule has 264 valence electrons. The van der Waals surface area contributed by atoms with Gasteiger partial charge in [0.2, 0.25) is 0 Å². The van der Waals surface area contributed by atoms with Crippen molar-refractivity contribution in [3.8, 4) is 11.1 Å². The van der Waals surface area contributed by atoms with Crippen LogP contribution in [0, 0.1) is 6.92 Å². The molecule has 1 aliphatic rings. The molecule has 47 heavy (non-hydrogen) atoms. The van der Waals surface area contributed by atoms with Gasteiger partial charge >= 0.3 is 0 Å². The maximum atomic E-state index is 5.69. The standard InChI is InChI=1S/C38H58N2S4.C3H8/c1-9-39(10-2)35(41)43-25-17-13-15-23-38(24-16-14-18-26-44-36(42)40(11-3)12-4)33-27-29(5)19-21-31(33)32-22-20-30(28-34(32)38)37(6,7)8;1-3-2/h19-22,27-28H,9-18,23-26H2,1-8H3;3H2,1-2H3. The maximum absolute atomic E-state index is 5.69. The minimum atomic E-state index is 0.0886. The number of hydrogen-bond donors (Lipinski definition) is 0. The predicted molar refractivity (Wildman–Crippen MR) is 225 cm³/mol. The van der Waals surface area contributed by atoms with Crippen LogP contribution in [-0.4, -0.2) is 56.1 Å². The van der Waals surface area contributed by atoms with Crippen molar-refractivity contribution in [2.75, 3.05) is 37.7 Å². The first-order valence-electron chi connectivity index (χ1n) is 18.5. The van der Waals surface area contributed by atoms with Crippen molar-refractivity contribution >= 4 is 56.6 Å². The third-order valence-corrected chi connectivity index (χ3v) is 12.6. The molecule has 0 aliphatic heterocycles. The van der Waals surface area contributed by atoms with Crippen LogP contribution in [-0.2, 0) is 10.8 Å². The lowest BCUT2D eigenvalue weighted by Gasteiger charge is -2.34. The van der Waals surface area contributed by atoms with Crippen LogP contribution >= 0.6 is 48.0 Å². The van der Waals surface area contributed by atoms with Gasteiger partial charge < -0.3 is 9.80 Å². The van der Waals surface area contributed by atoms with Crippen LogP contribution in [0.3, 0.4) is 0 Å². The summed E-state index contributed by atoms with van der Waals surface area (Å²) in [6.45, 7) is 26.3. The van der Waals surface area contributed by atoms with Crippen LogP contribution in [0.1, 0.15) is 142 Å². The van der Waals surface area contributed by atoms with Gasteiger partial charge in [-0.1, -0.05) is 157 Å². The van der Waals surface area contributed by atoms with Crippen molar-refractivity contribution in [1.82, 2.24) is 9.80 Å². The second kappa shape index (κ2) is 21.2. The molecule has 0 unspecified atom stereocenters. The third kappa shape index (κ3) is 12.0. The van der Waals surface area contributed by atoms with E-state index >= 15 is 0 Å². The summed E-state index contributed by atoms with van der Waals surface area (Å²) in [5, 5.41) is 0. The topological polar surface area (TPSA) is 6.48 Å². The van der Waals surface area contributed by atoms with Gasteiger partial charge in [-0.15, -0.1) is 0 Å². The number of thioether (sulfide) groups is 2. The third-order valence-electron chi connectivity index (χ3n) is 9.37. The lowest BCUT2D eigenvalue weighted by atomic mass is 9.69. The Morgan fingerprint density at radius 2 is 1.06 bits per heavy atom. The molecule has 0 amide bonds. The quantitative estimate of drug-likeness (QED) is 0.125. The zero-order valence-electron chi connectivity index (χ0n) is 31.6. The smallest absolute Gasteiger partial charge is 0.136 e. The number of benzene rings is 2. The van der Waals surface area contributed by atoms with E-state index in [1.807, 2.05) is 23.5 Å². The summed E-state index contributed by atoms with van der Waals surface area (Å²) in [6, 6.07) is 14.6. The predicted octanol–water partition coefficient (Wildman–Crippen LogP) is 12.8. The Kier molecular flexibility index (Phi) is 19.0. The summed E-state index contributed by atoms with van der Waals surface area (Å²) in [6.07, 6.45) is 11.1. The van der Waals surface area contributed by atoms with E-state index in [9.17, 15) is 0 Å². The molecule has 2 aromatic rings. The first kappa shape index (κ1) is 42.1. The molecule has 0 saturated carbocycles. The molecule has 0 saturated heterocycles. The van der Waals surface area contributed by atoms with Gasteiger partial charge in [-0.05, 0) is 93.5 Å². The number of fused-ring (bicyclic) bond motifs is 3. The molecule has 0 aromatic heterocycles. The number of nitrogens with zero attached hydrogens (tertiary/aromatic N) is 2. The Balaban J connectivity index is 0.00000246. The first-order chi connectivity index (χ1) is 22.4. The van der Waals surface area contributed by atoms with Crippen LogP contribution in [0.5, 0.6) is 0 Å². The van der Waals surface area contributed by atoms with Crippen molar-refractivity contribution in [2.45, 2.75) is 138 Å². The van der Waals surface area contributed by atoms with Crippen LogP contribution in [0.2, 0.25) is 0 Å². The summed E-state index contributed by atoms with van der Waals surface area (Å²) in [5.74, 6) is 2.24. The highest BCUT2D eigenvalue weighted by molar-refractivity contribution is 8.23. The zero-order valence-corrected chi connectivity index (χ0v) is 34.9. The molecular formula is C41H66N2S4. The molecule has 1 aliphatic carbocycles. The highest BCUT2D eigenvalue weighted by Gasteiger charge is 2.42. The van der Waals surface area contributed by atoms with Gasteiger partial charge in [0, 0.05) is 43.1 Å². The van der Waals surface area contributed by atoms with Crippen LogP contribution < -0.4 is 0 Å². The normalized spacial score (nSPS) is 13.0. The highest BCUT2D eigenvalue weighted by Crippen LogP contribution is 2.55. The van der Waals surface area contributed by atoms with Gasteiger partial charge in [0.1, 0.15) is 8.64 Å². The average Bonchev–Trinajstić information content (AvgIpc) is 3.30. The molecule has 0 radical (unpaired) electrons. The summed E-state index contributed by atoms with van der Waals surface area (Å²) < 4.78 is 2.12. The molecule has 3 rings (SSSR count). The van der Waals surface area contributed by atoms with E-state index in [0.717, 1.165) is 46.3 Å². The molecule has 2 aromatic carbocycles. The number of aryl methyl sites for hydroxylation is 1. The molecule has 0 bridgehead atoms. The fourth-order valence-corrected chi connectivity index (χ4v) is 9.56. The van der Waals surface area contributed by atoms with Crippen molar-refractivity contribution in [2.24, 2.45) is 0 Å². The monoisotopic (exact) mass is 714 g/mol. The Labute approximate surface area is 310 Å². The Morgan fingerprint density at radius 1 is 0.638 bits per heavy atom. The molecule has 0 atom stereocenters. The number of hydrogen-bond acceptors (Lipinski definition) is 4. The second-order valence-electron chi connectivity index (χ2n) is 14.0. The molecule has 0 N–H and O–H groups in total. The van der Waals surface area contributed by atoms with Crippen molar-refractivity contribution in [3.63, 3.8) is 0 Å². The highest BCUT2D eigenvalue weighted by atomic mass is 32.2. The molecular weight excluding hydrogens is 649 g/mol. The second-order valence-corrected chi connectivity index (χ2v) is 17.5. The lowest BCUT2D eigenvalue weighted by Crippen LogP contribution is -2.27.